The minimum atomic E-state index is 0.197. The number of hydrogen-bond acceptors (Lipinski definition) is 3. The summed E-state index contributed by atoms with van der Waals surface area (Å²) in [5, 5.41) is 10.3. The van der Waals surface area contributed by atoms with Gasteiger partial charge in [0.05, 0.1) is 29.7 Å². The molecule has 0 saturated heterocycles. The molecule has 0 aliphatic heterocycles. The van der Waals surface area contributed by atoms with E-state index in [2.05, 4.69) is 28.8 Å². The lowest BCUT2D eigenvalue weighted by molar-refractivity contribution is 0.416. The first-order chi connectivity index (χ1) is 15.8. The summed E-state index contributed by atoms with van der Waals surface area (Å²) in [6, 6.07) is 35.4. The number of phenolic OH excluding ortho intramolecular Hbond substituents is 1. The van der Waals surface area contributed by atoms with Crippen LogP contribution >= 0.6 is 0 Å². The molecule has 4 heteroatoms. The molecule has 0 fully saturated rings. The summed E-state index contributed by atoms with van der Waals surface area (Å²) in [6.45, 7) is 0. The van der Waals surface area contributed by atoms with E-state index < -0.39 is 0 Å². The molecule has 0 bridgehead atoms. The summed E-state index contributed by atoms with van der Waals surface area (Å²) >= 11 is 0. The monoisotopic (exact) mass is 418 g/mol. The predicted octanol–water partition coefficient (Wildman–Crippen LogP) is 6.59. The van der Waals surface area contributed by atoms with E-state index >= 15 is 0 Å². The van der Waals surface area contributed by atoms with Crippen molar-refractivity contribution in [3.8, 4) is 51.1 Å². The second kappa shape index (κ2) is 8.44. The molecule has 0 atom stereocenters. The van der Waals surface area contributed by atoms with E-state index in [1.807, 2.05) is 72.8 Å². The molecule has 4 aromatic carbocycles. The standard InChI is InChI=1S/C28H22N2O2/c1-32-25-18-9-8-17-24(25)28-29-26(20-11-4-2-5-12-20)27(21-13-6-3-7-14-21)30(28)22-15-10-16-23(31)19-22/h2-19,31H,1H3. The first-order valence-corrected chi connectivity index (χ1v) is 10.4. The molecule has 5 aromatic rings. The van der Waals surface area contributed by atoms with E-state index in [-0.39, 0.29) is 5.75 Å². The molecule has 0 spiro atoms. The normalized spacial score (nSPS) is 10.8. The van der Waals surface area contributed by atoms with Crippen LogP contribution in [0.15, 0.2) is 109 Å². The van der Waals surface area contributed by atoms with Gasteiger partial charge in [0.25, 0.3) is 0 Å². The van der Waals surface area contributed by atoms with Gasteiger partial charge in [0, 0.05) is 17.2 Å². The first-order valence-electron chi connectivity index (χ1n) is 10.4. The SMILES string of the molecule is COc1ccccc1-c1nc(-c2ccccc2)c(-c2ccccc2)n1-c1cccc(O)c1. The zero-order chi connectivity index (χ0) is 21.9. The van der Waals surface area contributed by atoms with Gasteiger partial charge in [0.15, 0.2) is 0 Å². The fraction of sp³-hybridized carbons (Fsp3) is 0.0357. The molecule has 0 saturated carbocycles. The Hall–Kier alpha value is -4.31. The average molecular weight is 418 g/mol. The number of aromatic hydroxyl groups is 1. The van der Waals surface area contributed by atoms with E-state index in [1.54, 1.807) is 19.2 Å². The number of benzene rings is 4. The minimum Gasteiger partial charge on any atom is -0.508 e. The average Bonchev–Trinajstić information content (AvgIpc) is 3.25. The Balaban J connectivity index is 1.92. The van der Waals surface area contributed by atoms with Gasteiger partial charge in [-0.2, -0.15) is 0 Å². The van der Waals surface area contributed by atoms with Crippen LogP contribution in [0.5, 0.6) is 11.5 Å². The molecule has 0 radical (unpaired) electrons. The van der Waals surface area contributed by atoms with E-state index in [0.29, 0.717) is 0 Å². The Labute approximate surface area is 187 Å². The molecule has 156 valence electrons. The maximum atomic E-state index is 10.3. The van der Waals surface area contributed by atoms with Crippen molar-refractivity contribution in [2.45, 2.75) is 0 Å². The molecule has 1 aromatic heterocycles. The lowest BCUT2D eigenvalue weighted by atomic mass is 10.0. The van der Waals surface area contributed by atoms with E-state index in [9.17, 15) is 5.11 Å². The molecule has 32 heavy (non-hydrogen) atoms. The van der Waals surface area contributed by atoms with Gasteiger partial charge in [-0.05, 0) is 24.3 Å². The van der Waals surface area contributed by atoms with Crippen molar-refractivity contribution in [1.82, 2.24) is 9.55 Å². The number of aromatic nitrogens is 2. The van der Waals surface area contributed by atoms with Crippen molar-refractivity contribution in [2.24, 2.45) is 0 Å². The minimum absolute atomic E-state index is 0.197. The third kappa shape index (κ3) is 3.52. The number of para-hydroxylation sites is 1. The highest BCUT2D eigenvalue weighted by molar-refractivity contribution is 5.85. The van der Waals surface area contributed by atoms with E-state index in [1.165, 1.54) is 0 Å². The molecular weight excluding hydrogens is 396 g/mol. The fourth-order valence-corrected chi connectivity index (χ4v) is 3.97. The van der Waals surface area contributed by atoms with Gasteiger partial charge in [0.1, 0.15) is 17.3 Å². The van der Waals surface area contributed by atoms with Crippen molar-refractivity contribution in [3.05, 3.63) is 109 Å². The second-order valence-corrected chi connectivity index (χ2v) is 7.42. The Morgan fingerprint density at radius 2 is 1.38 bits per heavy atom. The van der Waals surface area contributed by atoms with Crippen LogP contribution in [0.2, 0.25) is 0 Å². The summed E-state index contributed by atoms with van der Waals surface area (Å²) in [5.41, 5.74) is 5.55. The van der Waals surface area contributed by atoms with Crippen LogP contribution in [0, 0.1) is 0 Å². The third-order valence-electron chi connectivity index (χ3n) is 5.41. The molecule has 0 unspecified atom stereocenters. The molecule has 5 rings (SSSR count). The molecular formula is C28H22N2O2. The molecule has 0 amide bonds. The fourth-order valence-electron chi connectivity index (χ4n) is 3.97. The maximum Gasteiger partial charge on any atom is 0.149 e. The van der Waals surface area contributed by atoms with Crippen LogP contribution in [0.1, 0.15) is 0 Å². The van der Waals surface area contributed by atoms with Crippen LogP contribution in [-0.2, 0) is 0 Å². The van der Waals surface area contributed by atoms with E-state index in [4.69, 9.17) is 9.72 Å². The third-order valence-corrected chi connectivity index (χ3v) is 5.41. The number of imidazole rings is 1. The van der Waals surface area contributed by atoms with Crippen molar-refractivity contribution in [2.75, 3.05) is 7.11 Å². The highest BCUT2D eigenvalue weighted by Crippen LogP contribution is 2.41. The molecule has 1 N–H and O–H groups in total. The number of ether oxygens (including phenoxy) is 1. The highest BCUT2D eigenvalue weighted by Gasteiger charge is 2.24. The quantitative estimate of drug-likeness (QED) is 0.350. The summed E-state index contributed by atoms with van der Waals surface area (Å²) in [4.78, 5) is 5.14. The van der Waals surface area contributed by atoms with Crippen LogP contribution in [0.3, 0.4) is 0 Å². The zero-order valence-electron chi connectivity index (χ0n) is 17.6. The summed E-state index contributed by atoms with van der Waals surface area (Å²) in [5.74, 6) is 1.67. The van der Waals surface area contributed by atoms with Crippen molar-refractivity contribution >= 4 is 0 Å². The van der Waals surface area contributed by atoms with Gasteiger partial charge < -0.3 is 9.84 Å². The molecule has 1 heterocycles. The van der Waals surface area contributed by atoms with Crippen molar-refractivity contribution in [1.29, 1.82) is 0 Å². The van der Waals surface area contributed by atoms with Gasteiger partial charge in [-0.1, -0.05) is 78.9 Å². The number of nitrogens with zero attached hydrogens (tertiary/aromatic N) is 2. The maximum absolute atomic E-state index is 10.3. The highest BCUT2D eigenvalue weighted by atomic mass is 16.5. The van der Waals surface area contributed by atoms with Crippen LogP contribution in [0.4, 0.5) is 0 Å². The Morgan fingerprint density at radius 1 is 0.719 bits per heavy atom. The Morgan fingerprint density at radius 3 is 2.06 bits per heavy atom. The van der Waals surface area contributed by atoms with Gasteiger partial charge in [-0.25, -0.2) is 4.98 Å². The van der Waals surface area contributed by atoms with Gasteiger partial charge in [-0.15, -0.1) is 0 Å². The number of methoxy groups -OCH3 is 1. The van der Waals surface area contributed by atoms with Gasteiger partial charge >= 0.3 is 0 Å². The summed E-state index contributed by atoms with van der Waals surface area (Å²) in [6.07, 6.45) is 0. The topological polar surface area (TPSA) is 47.3 Å². The number of phenols is 1. The van der Waals surface area contributed by atoms with Crippen LogP contribution in [0.25, 0.3) is 39.6 Å². The predicted molar refractivity (Wildman–Crippen MR) is 128 cm³/mol. The van der Waals surface area contributed by atoms with E-state index in [0.717, 1.165) is 45.3 Å². The van der Waals surface area contributed by atoms with Crippen molar-refractivity contribution in [3.63, 3.8) is 0 Å². The second-order valence-electron chi connectivity index (χ2n) is 7.42. The summed E-state index contributed by atoms with van der Waals surface area (Å²) in [7, 11) is 1.66. The largest absolute Gasteiger partial charge is 0.508 e. The van der Waals surface area contributed by atoms with Crippen LogP contribution < -0.4 is 4.74 Å². The lowest BCUT2D eigenvalue weighted by Gasteiger charge is -2.15. The van der Waals surface area contributed by atoms with Crippen LogP contribution in [-0.4, -0.2) is 21.8 Å². The first kappa shape index (κ1) is 19.6. The molecule has 0 aliphatic rings. The lowest BCUT2D eigenvalue weighted by Crippen LogP contribution is -2.01. The molecule has 4 nitrogen and oxygen atoms in total. The van der Waals surface area contributed by atoms with Gasteiger partial charge in [0.2, 0.25) is 0 Å². The Kier molecular flexibility index (Phi) is 5.18. The molecule has 0 aliphatic carbocycles. The number of rotatable bonds is 5. The Bertz CT molecular complexity index is 1360. The summed E-state index contributed by atoms with van der Waals surface area (Å²) < 4.78 is 7.76. The number of hydrogen-bond donors (Lipinski definition) is 1. The smallest absolute Gasteiger partial charge is 0.149 e. The van der Waals surface area contributed by atoms with Gasteiger partial charge in [-0.3, -0.25) is 4.57 Å². The van der Waals surface area contributed by atoms with Crippen molar-refractivity contribution < 1.29 is 9.84 Å². The zero-order valence-corrected chi connectivity index (χ0v) is 17.6.